The van der Waals surface area contributed by atoms with E-state index >= 15 is 0 Å². The Kier molecular flexibility index (Phi) is 5.34. The van der Waals surface area contributed by atoms with Gasteiger partial charge in [0.25, 0.3) is 0 Å². The zero-order valence-electron chi connectivity index (χ0n) is 11.0. The molecule has 0 aliphatic heterocycles. The van der Waals surface area contributed by atoms with Crippen molar-refractivity contribution < 1.29 is 4.79 Å². The van der Waals surface area contributed by atoms with Crippen LogP contribution in [0.1, 0.15) is 31.0 Å². The fourth-order valence-electron chi connectivity index (χ4n) is 1.68. The van der Waals surface area contributed by atoms with Gasteiger partial charge in [0.1, 0.15) is 0 Å². The van der Waals surface area contributed by atoms with E-state index in [4.69, 9.17) is 5.26 Å². The molecule has 0 saturated heterocycles. The minimum Gasteiger partial charge on any atom is -0.349 e. The number of nitrogens with zero attached hydrogens (tertiary/aromatic N) is 1. The van der Waals surface area contributed by atoms with Crippen LogP contribution >= 0.6 is 0 Å². The Labute approximate surface area is 108 Å². The van der Waals surface area contributed by atoms with Crippen molar-refractivity contribution in [3.8, 4) is 6.07 Å². The van der Waals surface area contributed by atoms with Crippen molar-refractivity contribution in [2.45, 2.75) is 19.9 Å². The molecule has 18 heavy (non-hydrogen) atoms. The second-order valence-corrected chi connectivity index (χ2v) is 4.42. The lowest BCUT2D eigenvalue weighted by Gasteiger charge is -2.17. The number of hydrogen-bond donors (Lipinski definition) is 2. The van der Waals surface area contributed by atoms with Crippen molar-refractivity contribution in [1.29, 1.82) is 5.26 Å². The molecule has 1 rings (SSSR count). The molecule has 0 aliphatic rings. The van der Waals surface area contributed by atoms with Crippen molar-refractivity contribution >= 4 is 5.91 Å². The minimum absolute atomic E-state index is 0.0289. The molecule has 0 heterocycles. The predicted molar refractivity (Wildman–Crippen MR) is 70.8 cm³/mol. The third-order valence-corrected chi connectivity index (χ3v) is 2.86. The number of benzene rings is 1. The summed E-state index contributed by atoms with van der Waals surface area (Å²) in [4.78, 5) is 11.8. The summed E-state index contributed by atoms with van der Waals surface area (Å²) in [5, 5.41) is 14.7. The van der Waals surface area contributed by atoms with E-state index < -0.39 is 0 Å². The number of carbonyl (C=O) groups excluding carboxylic acids is 1. The third-order valence-electron chi connectivity index (χ3n) is 2.86. The molecule has 4 heteroatoms. The maximum atomic E-state index is 11.8. The quantitative estimate of drug-likeness (QED) is 0.828. The molecule has 0 fully saturated rings. The molecule has 1 amide bonds. The Morgan fingerprint density at radius 3 is 2.44 bits per heavy atom. The number of rotatable bonds is 5. The molecule has 2 atom stereocenters. The molecule has 96 valence electrons. The molecule has 0 saturated carbocycles. The normalized spacial score (nSPS) is 13.4. The van der Waals surface area contributed by atoms with Crippen LogP contribution in [0.2, 0.25) is 0 Å². The van der Waals surface area contributed by atoms with E-state index in [1.807, 2.05) is 33.0 Å². The van der Waals surface area contributed by atoms with Crippen molar-refractivity contribution in [2.75, 3.05) is 13.6 Å². The lowest BCUT2D eigenvalue weighted by atomic mass is 10.1. The predicted octanol–water partition coefficient (Wildman–Crippen LogP) is 1.59. The number of carbonyl (C=O) groups is 1. The van der Waals surface area contributed by atoms with E-state index in [-0.39, 0.29) is 17.9 Å². The summed E-state index contributed by atoms with van der Waals surface area (Å²) in [6, 6.07) is 9.27. The SMILES string of the molecule is CNCC(C)C(=O)NC(C)c1ccc(C#N)cc1. The largest absolute Gasteiger partial charge is 0.349 e. The molecule has 0 aromatic heterocycles. The van der Waals surface area contributed by atoms with Crippen molar-refractivity contribution in [2.24, 2.45) is 5.92 Å². The van der Waals surface area contributed by atoms with Gasteiger partial charge in [-0.1, -0.05) is 19.1 Å². The molecule has 1 aromatic rings. The van der Waals surface area contributed by atoms with Gasteiger partial charge in [0, 0.05) is 12.5 Å². The van der Waals surface area contributed by atoms with Crippen LogP contribution in [0.5, 0.6) is 0 Å². The third kappa shape index (κ3) is 3.86. The molecule has 0 spiro atoms. The van der Waals surface area contributed by atoms with Crippen molar-refractivity contribution in [3.05, 3.63) is 35.4 Å². The standard InChI is InChI=1S/C14H19N3O/c1-10(9-16-3)14(18)17-11(2)13-6-4-12(8-15)5-7-13/h4-7,10-11,16H,9H2,1-3H3,(H,17,18). The number of hydrogen-bond acceptors (Lipinski definition) is 3. The topological polar surface area (TPSA) is 64.9 Å². The average molecular weight is 245 g/mol. The Bertz CT molecular complexity index is 433. The summed E-state index contributed by atoms with van der Waals surface area (Å²) in [7, 11) is 1.83. The molecular weight excluding hydrogens is 226 g/mol. The summed E-state index contributed by atoms with van der Waals surface area (Å²) in [6.45, 7) is 4.48. The van der Waals surface area contributed by atoms with Crippen molar-refractivity contribution in [3.63, 3.8) is 0 Å². The highest BCUT2D eigenvalue weighted by atomic mass is 16.1. The zero-order valence-corrected chi connectivity index (χ0v) is 11.0. The van der Waals surface area contributed by atoms with Gasteiger partial charge in [-0.25, -0.2) is 0 Å². The van der Waals surface area contributed by atoms with E-state index in [9.17, 15) is 4.79 Å². The van der Waals surface area contributed by atoms with Crippen LogP contribution in [0.25, 0.3) is 0 Å². The minimum atomic E-state index is -0.0594. The smallest absolute Gasteiger partial charge is 0.224 e. The van der Waals surface area contributed by atoms with E-state index in [0.29, 0.717) is 12.1 Å². The highest BCUT2D eigenvalue weighted by Crippen LogP contribution is 2.13. The lowest BCUT2D eigenvalue weighted by Crippen LogP contribution is -2.35. The Morgan fingerprint density at radius 1 is 1.33 bits per heavy atom. The molecule has 1 aromatic carbocycles. The van der Waals surface area contributed by atoms with E-state index in [2.05, 4.69) is 16.7 Å². The monoisotopic (exact) mass is 245 g/mol. The fourth-order valence-corrected chi connectivity index (χ4v) is 1.68. The van der Waals surface area contributed by atoms with E-state index in [1.165, 1.54) is 0 Å². The van der Waals surface area contributed by atoms with Crippen LogP contribution in [-0.2, 0) is 4.79 Å². The van der Waals surface area contributed by atoms with Crippen LogP contribution in [0, 0.1) is 17.2 Å². The van der Waals surface area contributed by atoms with Gasteiger partial charge < -0.3 is 10.6 Å². The molecule has 2 N–H and O–H groups in total. The summed E-state index contributed by atoms with van der Waals surface area (Å²) in [5.41, 5.74) is 1.62. The van der Waals surface area contributed by atoms with Gasteiger partial charge >= 0.3 is 0 Å². The highest BCUT2D eigenvalue weighted by molar-refractivity contribution is 5.78. The first-order valence-electron chi connectivity index (χ1n) is 6.03. The summed E-state index contributed by atoms with van der Waals surface area (Å²) >= 11 is 0. The van der Waals surface area contributed by atoms with Crippen LogP contribution in [0.3, 0.4) is 0 Å². The Hall–Kier alpha value is -1.86. The number of nitriles is 1. The molecule has 0 radical (unpaired) electrons. The second-order valence-electron chi connectivity index (χ2n) is 4.42. The zero-order chi connectivity index (χ0) is 13.5. The van der Waals surface area contributed by atoms with Gasteiger partial charge in [-0.3, -0.25) is 4.79 Å². The average Bonchev–Trinajstić information content (AvgIpc) is 2.39. The van der Waals surface area contributed by atoms with Crippen LogP contribution in [-0.4, -0.2) is 19.5 Å². The van der Waals surface area contributed by atoms with Gasteiger partial charge in [-0.15, -0.1) is 0 Å². The van der Waals surface area contributed by atoms with Gasteiger partial charge in [-0.2, -0.15) is 5.26 Å². The maximum Gasteiger partial charge on any atom is 0.224 e. The van der Waals surface area contributed by atoms with E-state index in [1.54, 1.807) is 12.1 Å². The molecule has 0 bridgehead atoms. The first-order chi connectivity index (χ1) is 8.58. The molecule has 0 aliphatic carbocycles. The Balaban J connectivity index is 2.62. The van der Waals surface area contributed by atoms with Crippen LogP contribution in [0.15, 0.2) is 24.3 Å². The lowest BCUT2D eigenvalue weighted by molar-refractivity contribution is -0.125. The summed E-state index contributed by atoms with van der Waals surface area (Å²) in [6.07, 6.45) is 0. The summed E-state index contributed by atoms with van der Waals surface area (Å²) in [5.74, 6) is -0.0305. The second kappa shape index (κ2) is 6.77. The molecule has 2 unspecified atom stereocenters. The number of nitrogens with one attached hydrogen (secondary N) is 2. The van der Waals surface area contributed by atoms with Gasteiger partial charge in [0.05, 0.1) is 17.7 Å². The van der Waals surface area contributed by atoms with Crippen LogP contribution < -0.4 is 10.6 Å². The first-order valence-corrected chi connectivity index (χ1v) is 6.03. The Morgan fingerprint density at radius 2 is 1.94 bits per heavy atom. The van der Waals surface area contributed by atoms with Gasteiger partial charge in [0.2, 0.25) is 5.91 Å². The number of amides is 1. The van der Waals surface area contributed by atoms with Crippen LogP contribution in [0.4, 0.5) is 0 Å². The fraction of sp³-hybridized carbons (Fsp3) is 0.429. The first kappa shape index (κ1) is 14.2. The van der Waals surface area contributed by atoms with Gasteiger partial charge in [-0.05, 0) is 31.7 Å². The van der Waals surface area contributed by atoms with Crippen molar-refractivity contribution in [1.82, 2.24) is 10.6 Å². The molecular formula is C14H19N3O. The van der Waals surface area contributed by atoms with E-state index in [0.717, 1.165) is 5.56 Å². The molecule has 4 nitrogen and oxygen atoms in total. The highest BCUT2D eigenvalue weighted by Gasteiger charge is 2.15. The maximum absolute atomic E-state index is 11.8. The summed E-state index contributed by atoms with van der Waals surface area (Å²) < 4.78 is 0. The van der Waals surface area contributed by atoms with Gasteiger partial charge in [0.15, 0.2) is 0 Å².